The van der Waals surface area contributed by atoms with Crippen molar-refractivity contribution in [3.05, 3.63) is 34.3 Å². The van der Waals surface area contributed by atoms with Gasteiger partial charge in [-0.1, -0.05) is 34.1 Å². The molecule has 1 rings (SSSR count). The fourth-order valence-electron chi connectivity index (χ4n) is 1.58. The molecule has 0 saturated carbocycles. The van der Waals surface area contributed by atoms with Crippen molar-refractivity contribution in [3.63, 3.8) is 0 Å². The highest BCUT2D eigenvalue weighted by Crippen LogP contribution is 2.21. The van der Waals surface area contributed by atoms with Crippen molar-refractivity contribution in [2.24, 2.45) is 5.92 Å². The molecule has 0 N–H and O–H groups in total. The van der Waals surface area contributed by atoms with Crippen LogP contribution in [0.5, 0.6) is 0 Å². The summed E-state index contributed by atoms with van der Waals surface area (Å²) in [5.74, 6) is -4.03. The average Bonchev–Trinajstić information content (AvgIpc) is 2.40. The number of rotatable bonds is 6. The van der Waals surface area contributed by atoms with Crippen LogP contribution in [0.4, 0.5) is 0 Å². The summed E-state index contributed by atoms with van der Waals surface area (Å²) >= 11 is 3.22. The van der Waals surface area contributed by atoms with E-state index in [0.717, 1.165) is 0 Å². The molecular formula is C14H15BrO5. The molecule has 0 aliphatic heterocycles. The van der Waals surface area contributed by atoms with Gasteiger partial charge in [0.25, 0.3) is 0 Å². The molecule has 0 bridgehead atoms. The van der Waals surface area contributed by atoms with Gasteiger partial charge in [-0.2, -0.15) is 0 Å². The van der Waals surface area contributed by atoms with E-state index in [0.29, 0.717) is 4.47 Å². The van der Waals surface area contributed by atoms with Gasteiger partial charge in [0.2, 0.25) is 5.92 Å². The lowest BCUT2D eigenvalue weighted by Gasteiger charge is -2.14. The summed E-state index contributed by atoms with van der Waals surface area (Å²) < 4.78 is 10.1. The van der Waals surface area contributed by atoms with E-state index in [1.165, 1.54) is 6.07 Å². The first kappa shape index (κ1) is 16.4. The number of carbonyl (C=O) groups is 3. The molecule has 20 heavy (non-hydrogen) atoms. The van der Waals surface area contributed by atoms with Gasteiger partial charge < -0.3 is 9.47 Å². The number of halogens is 1. The zero-order valence-electron chi connectivity index (χ0n) is 11.2. The predicted molar refractivity (Wildman–Crippen MR) is 75.2 cm³/mol. The maximum atomic E-state index is 12.4. The summed E-state index contributed by atoms with van der Waals surface area (Å²) in [5.41, 5.74) is 0.235. The number of carbonyl (C=O) groups excluding carboxylic acids is 3. The zero-order chi connectivity index (χ0) is 15.1. The molecule has 0 fully saturated rings. The molecule has 0 heterocycles. The Hall–Kier alpha value is -1.69. The third-order valence-corrected chi connectivity index (χ3v) is 3.14. The first-order valence-electron chi connectivity index (χ1n) is 6.14. The molecule has 6 heteroatoms. The van der Waals surface area contributed by atoms with Crippen molar-refractivity contribution in [1.29, 1.82) is 0 Å². The van der Waals surface area contributed by atoms with E-state index in [1.54, 1.807) is 32.0 Å². The first-order valence-corrected chi connectivity index (χ1v) is 6.94. The normalized spacial score (nSPS) is 10.2. The second-order valence-electron chi connectivity index (χ2n) is 3.78. The first-order chi connectivity index (χ1) is 9.52. The molecule has 0 aromatic heterocycles. The largest absolute Gasteiger partial charge is 0.465 e. The third-order valence-electron chi connectivity index (χ3n) is 2.45. The molecule has 0 atom stereocenters. The van der Waals surface area contributed by atoms with Crippen LogP contribution in [-0.2, 0) is 19.1 Å². The standard InChI is InChI=1S/C14H15BrO5/c1-3-19-13(17)11(14(18)20-4-2)12(16)9-7-5-6-8-10(9)15/h5-8,11H,3-4H2,1-2H3. The van der Waals surface area contributed by atoms with Crippen LogP contribution in [-0.4, -0.2) is 30.9 Å². The molecule has 5 nitrogen and oxygen atoms in total. The summed E-state index contributed by atoms with van der Waals surface area (Å²) in [6.07, 6.45) is 0. The number of ether oxygens (including phenoxy) is 2. The summed E-state index contributed by atoms with van der Waals surface area (Å²) in [6.45, 7) is 3.36. The molecule has 108 valence electrons. The quantitative estimate of drug-likeness (QED) is 0.451. The topological polar surface area (TPSA) is 69.7 Å². The Balaban J connectivity index is 3.10. The molecule has 0 aliphatic carbocycles. The average molecular weight is 343 g/mol. The molecule has 0 spiro atoms. The van der Waals surface area contributed by atoms with Crippen molar-refractivity contribution in [2.75, 3.05) is 13.2 Å². The van der Waals surface area contributed by atoms with Crippen LogP contribution in [0.25, 0.3) is 0 Å². The van der Waals surface area contributed by atoms with E-state index in [-0.39, 0.29) is 18.8 Å². The van der Waals surface area contributed by atoms with Crippen molar-refractivity contribution < 1.29 is 23.9 Å². The van der Waals surface area contributed by atoms with Gasteiger partial charge in [-0.15, -0.1) is 0 Å². The third kappa shape index (κ3) is 3.90. The van der Waals surface area contributed by atoms with Crippen molar-refractivity contribution in [3.8, 4) is 0 Å². The van der Waals surface area contributed by atoms with Crippen LogP contribution in [0.3, 0.4) is 0 Å². The predicted octanol–water partition coefficient (Wildman–Crippen LogP) is 2.37. The SMILES string of the molecule is CCOC(=O)C(C(=O)OCC)C(=O)c1ccccc1Br. The van der Waals surface area contributed by atoms with Gasteiger partial charge in [0, 0.05) is 10.0 Å². The smallest absolute Gasteiger partial charge is 0.328 e. The maximum Gasteiger partial charge on any atom is 0.328 e. The molecule has 1 aromatic carbocycles. The Morgan fingerprint density at radius 3 is 2.00 bits per heavy atom. The second kappa shape index (κ2) is 7.79. The lowest BCUT2D eigenvalue weighted by atomic mass is 9.98. The van der Waals surface area contributed by atoms with Gasteiger partial charge in [-0.05, 0) is 19.9 Å². The zero-order valence-corrected chi connectivity index (χ0v) is 12.8. The Kier molecular flexibility index (Phi) is 6.38. The monoisotopic (exact) mass is 342 g/mol. The lowest BCUT2D eigenvalue weighted by molar-refractivity contribution is -0.158. The van der Waals surface area contributed by atoms with Crippen LogP contribution in [0.15, 0.2) is 28.7 Å². The van der Waals surface area contributed by atoms with E-state index in [2.05, 4.69) is 15.9 Å². The van der Waals surface area contributed by atoms with Crippen LogP contribution in [0.1, 0.15) is 24.2 Å². The van der Waals surface area contributed by atoms with Crippen molar-refractivity contribution >= 4 is 33.7 Å². The van der Waals surface area contributed by atoms with Gasteiger partial charge in [-0.3, -0.25) is 14.4 Å². The number of Topliss-reactive ketones (excluding diaryl/α,β-unsaturated/α-hetero) is 1. The van der Waals surface area contributed by atoms with E-state index >= 15 is 0 Å². The Morgan fingerprint density at radius 1 is 1.05 bits per heavy atom. The van der Waals surface area contributed by atoms with Crippen LogP contribution in [0.2, 0.25) is 0 Å². The number of esters is 2. The van der Waals surface area contributed by atoms with Crippen LogP contribution < -0.4 is 0 Å². The van der Waals surface area contributed by atoms with Crippen molar-refractivity contribution in [2.45, 2.75) is 13.8 Å². The maximum absolute atomic E-state index is 12.4. The molecule has 0 amide bonds. The van der Waals surface area contributed by atoms with E-state index < -0.39 is 23.6 Å². The number of hydrogen-bond donors (Lipinski definition) is 0. The second-order valence-corrected chi connectivity index (χ2v) is 4.64. The number of ketones is 1. The molecule has 1 aromatic rings. The van der Waals surface area contributed by atoms with Gasteiger partial charge in [0.1, 0.15) is 0 Å². The summed E-state index contributed by atoms with van der Waals surface area (Å²) in [7, 11) is 0. The van der Waals surface area contributed by atoms with Gasteiger partial charge in [0.05, 0.1) is 13.2 Å². The minimum atomic E-state index is -1.59. The van der Waals surface area contributed by atoms with E-state index in [1.807, 2.05) is 0 Å². The van der Waals surface area contributed by atoms with Gasteiger partial charge >= 0.3 is 11.9 Å². The fourth-order valence-corrected chi connectivity index (χ4v) is 2.06. The van der Waals surface area contributed by atoms with E-state index in [9.17, 15) is 14.4 Å². The molecule has 0 unspecified atom stereocenters. The van der Waals surface area contributed by atoms with E-state index in [4.69, 9.17) is 9.47 Å². The minimum Gasteiger partial charge on any atom is -0.465 e. The molecule has 0 saturated heterocycles. The summed E-state index contributed by atoms with van der Waals surface area (Å²) in [4.78, 5) is 36.0. The molecular weight excluding hydrogens is 328 g/mol. The number of benzene rings is 1. The van der Waals surface area contributed by atoms with Gasteiger partial charge in [-0.25, -0.2) is 0 Å². The Bertz CT molecular complexity index is 494. The van der Waals surface area contributed by atoms with Crippen molar-refractivity contribution in [1.82, 2.24) is 0 Å². The highest BCUT2D eigenvalue weighted by molar-refractivity contribution is 9.10. The number of hydrogen-bond acceptors (Lipinski definition) is 5. The van der Waals surface area contributed by atoms with Crippen LogP contribution in [0, 0.1) is 5.92 Å². The highest BCUT2D eigenvalue weighted by atomic mass is 79.9. The Morgan fingerprint density at radius 2 is 1.55 bits per heavy atom. The fraction of sp³-hybridized carbons (Fsp3) is 0.357. The molecule has 0 radical (unpaired) electrons. The highest BCUT2D eigenvalue weighted by Gasteiger charge is 2.38. The van der Waals surface area contributed by atoms with Crippen LogP contribution >= 0.6 is 15.9 Å². The Labute approximate surface area is 125 Å². The molecule has 0 aliphatic rings. The summed E-state index contributed by atoms with van der Waals surface area (Å²) in [5, 5.41) is 0. The summed E-state index contributed by atoms with van der Waals surface area (Å²) in [6, 6.07) is 6.55. The minimum absolute atomic E-state index is 0.0813. The lowest BCUT2D eigenvalue weighted by Crippen LogP contribution is -2.35. The van der Waals surface area contributed by atoms with Gasteiger partial charge in [0.15, 0.2) is 5.78 Å².